The topological polar surface area (TPSA) is 0 Å². The molecule has 0 spiro atoms. The molecule has 10 aromatic rings. The van der Waals surface area contributed by atoms with Crippen molar-refractivity contribution in [3.8, 4) is 44.5 Å². The number of fused-ring (bicyclic) bond motifs is 7. The van der Waals surface area contributed by atoms with Crippen LogP contribution in [-0.2, 0) is 12.6 Å². The molecule has 11 rings (SSSR count). The summed E-state index contributed by atoms with van der Waals surface area (Å²) in [7, 11) is 0. The Balaban J connectivity index is 1.14. The zero-order valence-electron chi connectivity index (χ0n) is 31.6. The highest BCUT2D eigenvalue weighted by Crippen LogP contribution is 2.50. The minimum Gasteiger partial charge on any atom is -0.166 e. The molecular formula is C54H35F3S. The summed E-state index contributed by atoms with van der Waals surface area (Å²) in [6, 6.07) is 56.0. The van der Waals surface area contributed by atoms with Gasteiger partial charge in [0.1, 0.15) is 0 Å². The second-order valence-corrected chi connectivity index (χ2v) is 16.6. The van der Waals surface area contributed by atoms with E-state index in [1.807, 2.05) is 17.4 Å². The number of hydrogen-bond acceptors (Lipinski definition) is 1. The molecule has 1 aliphatic carbocycles. The van der Waals surface area contributed by atoms with E-state index in [0.29, 0.717) is 5.92 Å². The van der Waals surface area contributed by atoms with Gasteiger partial charge in [-0.25, -0.2) is 0 Å². The maximum absolute atomic E-state index is 13.6. The molecule has 0 bridgehead atoms. The van der Waals surface area contributed by atoms with Crippen LogP contribution in [0.4, 0.5) is 13.2 Å². The second kappa shape index (κ2) is 13.3. The summed E-state index contributed by atoms with van der Waals surface area (Å²) < 4.78 is 43.4. The maximum Gasteiger partial charge on any atom is 0.416 e. The molecule has 1 aliphatic rings. The minimum absolute atomic E-state index is 0.315. The van der Waals surface area contributed by atoms with E-state index in [4.69, 9.17) is 0 Å². The van der Waals surface area contributed by atoms with E-state index in [-0.39, 0.29) is 0 Å². The lowest BCUT2D eigenvalue weighted by Gasteiger charge is -2.26. The Hall–Kier alpha value is -6.49. The van der Waals surface area contributed by atoms with Crippen molar-refractivity contribution in [1.82, 2.24) is 0 Å². The summed E-state index contributed by atoms with van der Waals surface area (Å²) in [4.78, 5) is 0. The van der Waals surface area contributed by atoms with Crippen LogP contribution in [-0.4, -0.2) is 0 Å². The lowest BCUT2D eigenvalue weighted by Crippen LogP contribution is -2.08. The van der Waals surface area contributed by atoms with Crippen LogP contribution >= 0.6 is 11.3 Å². The Morgan fingerprint density at radius 1 is 0.483 bits per heavy atom. The summed E-state index contributed by atoms with van der Waals surface area (Å²) >= 11 is 1.83. The molecular weight excluding hydrogens is 738 g/mol. The molecule has 1 unspecified atom stereocenters. The van der Waals surface area contributed by atoms with E-state index in [1.165, 1.54) is 92.8 Å². The Morgan fingerprint density at radius 3 is 1.62 bits per heavy atom. The second-order valence-electron chi connectivity index (χ2n) is 15.5. The standard InChI is InChI=1S/C54H35F3S/c1-32-22-28-43-47(30-32)52(42-19-10-9-18-41(42)50(43)34-23-26-36(27-24-34)54(55,56)57)45-21-11-20-44-46-31-35(25-29-48(46)58-53(44)45)51-39-16-7-5-14-37(39)49(33-12-3-2-4-13-33)38-15-6-8-17-40(38)51/h2-29,31-32H,30H2,1H3. The van der Waals surface area contributed by atoms with Gasteiger partial charge in [0, 0.05) is 25.7 Å². The summed E-state index contributed by atoms with van der Waals surface area (Å²) in [6.07, 6.45) is 0.874. The smallest absolute Gasteiger partial charge is 0.166 e. The van der Waals surface area contributed by atoms with Gasteiger partial charge in [-0.3, -0.25) is 0 Å². The molecule has 0 saturated heterocycles. The first-order chi connectivity index (χ1) is 28.3. The number of halogens is 3. The van der Waals surface area contributed by atoms with Crippen LogP contribution in [0.2, 0.25) is 0 Å². The van der Waals surface area contributed by atoms with Crippen LogP contribution in [0.5, 0.6) is 0 Å². The van der Waals surface area contributed by atoms with Crippen molar-refractivity contribution in [3.05, 3.63) is 187 Å². The van der Waals surface area contributed by atoms with Gasteiger partial charge in [0.15, 0.2) is 0 Å². The van der Waals surface area contributed by atoms with Crippen LogP contribution in [0, 0.1) is 5.92 Å². The first-order valence-corrected chi connectivity index (χ1v) is 20.5. The maximum atomic E-state index is 13.6. The van der Waals surface area contributed by atoms with Crippen molar-refractivity contribution in [1.29, 1.82) is 0 Å². The van der Waals surface area contributed by atoms with Gasteiger partial charge in [0.2, 0.25) is 0 Å². The van der Waals surface area contributed by atoms with Gasteiger partial charge in [-0.15, -0.1) is 11.3 Å². The third kappa shape index (κ3) is 5.43. The zero-order valence-corrected chi connectivity index (χ0v) is 32.4. The highest BCUT2D eigenvalue weighted by atomic mass is 32.1. The Morgan fingerprint density at radius 2 is 1.00 bits per heavy atom. The van der Waals surface area contributed by atoms with Gasteiger partial charge in [0.05, 0.1) is 5.56 Å². The molecule has 0 fully saturated rings. The van der Waals surface area contributed by atoms with E-state index in [9.17, 15) is 13.2 Å². The van der Waals surface area contributed by atoms with Crippen molar-refractivity contribution >= 4 is 69.9 Å². The van der Waals surface area contributed by atoms with Crippen molar-refractivity contribution in [2.75, 3.05) is 0 Å². The molecule has 1 heterocycles. The zero-order chi connectivity index (χ0) is 39.1. The largest absolute Gasteiger partial charge is 0.416 e. The van der Waals surface area contributed by atoms with Crippen LogP contribution < -0.4 is 0 Å². The van der Waals surface area contributed by atoms with E-state index in [0.717, 1.165) is 33.9 Å². The number of allylic oxidation sites excluding steroid dienone is 1. The molecule has 278 valence electrons. The lowest BCUT2D eigenvalue weighted by atomic mass is 9.78. The molecule has 0 N–H and O–H groups in total. The van der Waals surface area contributed by atoms with Crippen LogP contribution in [0.1, 0.15) is 23.6 Å². The third-order valence-electron chi connectivity index (χ3n) is 12.0. The average Bonchev–Trinajstić information content (AvgIpc) is 3.63. The van der Waals surface area contributed by atoms with E-state index in [2.05, 4.69) is 153 Å². The van der Waals surface area contributed by atoms with Gasteiger partial charge < -0.3 is 0 Å². The number of benzene rings is 9. The van der Waals surface area contributed by atoms with Crippen LogP contribution in [0.15, 0.2) is 170 Å². The predicted octanol–water partition coefficient (Wildman–Crippen LogP) is 16.4. The number of rotatable bonds is 4. The van der Waals surface area contributed by atoms with Crippen molar-refractivity contribution in [2.45, 2.75) is 19.5 Å². The lowest BCUT2D eigenvalue weighted by molar-refractivity contribution is -0.137. The van der Waals surface area contributed by atoms with Gasteiger partial charge in [-0.2, -0.15) is 13.2 Å². The Bertz CT molecular complexity index is 3240. The molecule has 9 aromatic carbocycles. The van der Waals surface area contributed by atoms with Crippen molar-refractivity contribution < 1.29 is 13.2 Å². The Kier molecular flexibility index (Phi) is 7.96. The highest BCUT2D eigenvalue weighted by molar-refractivity contribution is 7.26. The average molecular weight is 773 g/mol. The number of alkyl halides is 3. The third-order valence-corrected chi connectivity index (χ3v) is 13.2. The molecule has 0 nitrogen and oxygen atoms in total. The summed E-state index contributed by atoms with van der Waals surface area (Å²) in [5.41, 5.74) is 10.8. The van der Waals surface area contributed by atoms with Crippen molar-refractivity contribution in [3.63, 3.8) is 0 Å². The molecule has 1 atom stereocenters. The SMILES string of the molecule is CC1C=Cc2c(c(-c3cccc4c3sc3ccc(-c5c6ccccc6c(-c6ccccc6)c6ccccc56)cc34)c3ccccc3c2-c2ccc(C(F)(F)F)cc2)C1. The molecule has 58 heavy (non-hydrogen) atoms. The molecule has 4 heteroatoms. The molecule has 0 amide bonds. The van der Waals surface area contributed by atoms with Gasteiger partial charge in [-0.05, 0) is 119 Å². The van der Waals surface area contributed by atoms with E-state index >= 15 is 0 Å². The molecule has 0 saturated carbocycles. The molecule has 1 aromatic heterocycles. The highest BCUT2D eigenvalue weighted by Gasteiger charge is 2.31. The van der Waals surface area contributed by atoms with Crippen LogP contribution in [0.3, 0.4) is 0 Å². The fourth-order valence-electron chi connectivity index (χ4n) is 9.51. The quantitative estimate of drug-likeness (QED) is 0.156. The molecule has 0 radical (unpaired) electrons. The fraction of sp³-hybridized carbons (Fsp3) is 0.0741. The Labute approximate surface area is 338 Å². The van der Waals surface area contributed by atoms with E-state index < -0.39 is 11.7 Å². The summed E-state index contributed by atoms with van der Waals surface area (Å²) in [5.74, 6) is 0.315. The normalized spacial score (nSPS) is 14.2. The van der Waals surface area contributed by atoms with Gasteiger partial charge in [0.25, 0.3) is 0 Å². The summed E-state index contributed by atoms with van der Waals surface area (Å²) in [5, 5.41) is 9.53. The van der Waals surface area contributed by atoms with E-state index in [1.54, 1.807) is 12.1 Å². The first kappa shape index (κ1) is 34.7. The monoisotopic (exact) mass is 772 g/mol. The number of thiophene rings is 1. The van der Waals surface area contributed by atoms with Gasteiger partial charge in [-0.1, -0.05) is 159 Å². The summed E-state index contributed by atoms with van der Waals surface area (Å²) in [6.45, 7) is 2.23. The van der Waals surface area contributed by atoms with Crippen LogP contribution in [0.25, 0.3) is 103 Å². The van der Waals surface area contributed by atoms with Gasteiger partial charge >= 0.3 is 6.18 Å². The predicted molar refractivity (Wildman–Crippen MR) is 240 cm³/mol. The molecule has 0 aliphatic heterocycles. The van der Waals surface area contributed by atoms with Crippen molar-refractivity contribution in [2.24, 2.45) is 5.92 Å². The fourth-order valence-corrected chi connectivity index (χ4v) is 10.7. The minimum atomic E-state index is -4.39. The number of hydrogen-bond donors (Lipinski definition) is 0. The first-order valence-electron chi connectivity index (χ1n) is 19.7.